The van der Waals surface area contributed by atoms with E-state index in [1.807, 2.05) is 17.1 Å². The highest BCUT2D eigenvalue weighted by molar-refractivity contribution is 14.1. The fraction of sp³-hybridized carbons (Fsp3) is 0.222. The van der Waals surface area contributed by atoms with Crippen LogP contribution in [0.1, 0.15) is 11.6 Å². The lowest BCUT2D eigenvalue weighted by molar-refractivity contribution is 0.533. The summed E-state index contributed by atoms with van der Waals surface area (Å²) in [6.45, 7) is 0.578. The van der Waals surface area contributed by atoms with Crippen molar-refractivity contribution in [2.45, 2.75) is 6.04 Å². The van der Waals surface area contributed by atoms with Crippen molar-refractivity contribution in [3.63, 3.8) is 0 Å². The van der Waals surface area contributed by atoms with E-state index in [9.17, 15) is 0 Å². The first-order valence-corrected chi connectivity index (χ1v) is 6.25. The first-order valence-electron chi connectivity index (χ1n) is 4.23. The molecule has 0 spiro atoms. The van der Waals surface area contributed by atoms with Crippen LogP contribution in [0.2, 0.25) is 0 Å². The zero-order valence-corrected chi connectivity index (χ0v) is 10.4. The van der Waals surface area contributed by atoms with Gasteiger partial charge in [0.15, 0.2) is 0 Å². The Morgan fingerprint density at radius 3 is 3.00 bits per heavy atom. The molecule has 2 N–H and O–H groups in total. The highest BCUT2D eigenvalue weighted by atomic mass is 127. The lowest BCUT2D eigenvalue weighted by Gasteiger charge is -2.13. The van der Waals surface area contributed by atoms with E-state index in [0.717, 1.165) is 3.57 Å². The molecule has 1 unspecified atom stereocenters. The Bertz CT molecular complexity index is 396. The first kappa shape index (κ1) is 10.1. The van der Waals surface area contributed by atoms with Crippen LogP contribution >= 0.6 is 33.9 Å². The van der Waals surface area contributed by atoms with Gasteiger partial charge in [-0.1, -0.05) is 0 Å². The maximum Gasteiger partial charge on any atom is 0.0899 e. The zero-order chi connectivity index (χ0) is 9.97. The van der Waals surface area contributed by atoms with Crippen molar-refractivity contribution >= 4 is 33.9 Å². The molecular weight excluding hydrogens is 309 g/mol. The molecule has 2 rings (SSSR count). The van der Waals surface area contributed by atoms with E-state index in [1.54, 1.807) is 11.3 Å². The van der Waals surface area contributed by atoms with Crippen LogP contribution in [0.5, 0.6) is 0 Å². The van der Waals surface area contributed by atoms with Crippen LogP contribution in [0.4, 0.5) is 0 Å². The van der Waals surface area contributed by atoms with Crippen molar-refractivity contribution in [2.75, 3.05) is 6.54 Å². The molecule has 0 aliphatic rings. The van der Waals surface area contributed by atoms with Crippen LogP contribution in [-0.2, 0) is 0 Å². The van der Waals surface area contributed by atoms with E-state index in [4.69, 9.17) is 5.73 Å². The van der Waals surface area contributed by atoms with Gasteiger partial charge in [0.25, 0.3) is 0 Å². The minimum Gasteiger partial charge on any atom is -0.328 e. The quantitative estimate of drug-likeness (QED) is 0.881. The number of halogens is 1. The van der Waals surface area contributed by atoms with E-state index in [0.29, 0.717) is 6.54 Å². The third kappa shape index (κ3) is 1.99. The third-order valence-electron chi connectivity index (χ3n) is 2.04. The second kappa shape index (κ2) is 4.41. The second-order valence-corrected chi connectivity index (χ2v) is 4.97. The van der Waals surface area contributed by atoms with Gasteiger partial charge in [-0.15, -0.1) is 0 Å². The summed E-state index contributed by atoms with van der Waals surface area (Å²) in [6.07, 6.45) is 3.85. The number of rotatable bonds is 3. The molecule has 2 aromatic heterocycles. The minimum atomic E-state index is 0.171. The van der Waals surface area contributed by atoms with Gasteiger partial charge in [0, 0.05) is 12.7 Å². The van der Waals surface area contributed by atoms with Gasteiger partial charge in [-0.05, 0) is 45.0 Å². The predicted molar refractivity (Wildman–Crippen MR) is 66.5 cm³/mol. The number of nitrogens with zero attached hydrogens (tertiary/aromatic N) is 2. The van der Waals surface area contributed by atoms with E-state index < -0.39 is 0 Å². The molecule has 0 bridgehead atoms. The van der Waals surface area contributed by atoms with Crippen molar-refractivity contribution in [2.24, 2.45) is 5.73 Å². The summed E-state index contributed by atoms with van der Waals surface area (Å²) in [7, 11) is 0. The Morgan fingerprint density at radius 2 is 2.50 bits per heavy atom. The molecule has 0 saturated carbocycles. The molecule has 0 amide bonds. The van der Waals surface area contributed by atoms with Gasteiger partial charge in [-0.2, -0.15) is 16.4 Å². The molecule has 5 heteroatoms. The van der Waals surface area contributed by atoms with Gasteiger partial charge in [0.1, 0.15) is 0 Å². The number of hydrogen-bond acceptors (Lipinski definition) is 3. The van der Waals surface area contributed by atoms with Crippen LogP contribution in [0, 0.1) is 3.57 Å². The Balaban J connectivity index is 2.31. The molecule has 0 fully saturated rings. The standard InChI is InChI=1S/C9H10IN3S/c10-8-4-12-13(5-8)9(3-11)7-1-2-14-6-7/h1-2,4-6,9H,3,11H2. The monoisotopic (exact) mass is 319 g/mol. The summed E-state index contributed by atoms with van der Waals surface area (Å²) in [5, 5.41) is 8.46. The summed E-state index contributed by atoms with van der Waals surface area (Å²) < 4.78 is 3.06. The summed E-state index contributed by atoms with van der Waals surface area (Å²) in [6, 6.07) is 2.27. The zero-order valence-electron chi connectivity index (χ0n) is 7.43. The summed E-state index contributed by atoms with van der Waals surface area (Å²) in [5.74, 6) is 0. The van der Waals surface area contributed by atoms with Crippen molar-refractivity contribution in [1.82, 2.24) is 9.78 Å². The van der Waals surface area contributed by atoms with E-state index in [1.165, 1.54) is 5.56 Å². The van der Waals surface area contributed by atoms with Gasteiger partial charge >= 0.3 is 0 Å². The van der Waals surface area contributed by atoms with Crippen molar-refractivity contribution in [1.29, 1.82) is 0 Å². The van der Waals surface area contributed by atoms with Crippen molar-refractivity contribution in [3.8, 4) is 0 Å². The maximum atomic E-state index is 5.75. The molecular formula is C9H10IN3S. The first-order chi connectivity index (χ1) is 6.81. The van der Waals surface area contributed by atoms with Gasteiger partial charge in [0.05, 0.1) is 15.8 Å². The van der Waals surface area contributed by atoms with Gasteiger partial charge in [0.2, 0.25) is 0 Å². The minimum absolute atomic E-state index is 0.171. The Labute approximate surface area is 100 Å². The fourth-order valence-electron chi connectivity index (χ4n) is 1.35. The Morgan fingerprint density at radius 1 is 1.64 bits per heavy atom. The highest BCUT2D eigenvalue weighted by Crippen LogP contribution is 2.19. The molecule has 14 heavy (non-hydrogen) atoms. The number of nitrogens with two attached hydrogens (primary N) is 1. The lowest BCUT2D eigenvalue weighted by Crippen LogP contribution is -2.20. The molecule has 2 heterocycles. The van der Waals surface area contributed by atoms with Gasteiger partial charge in [-0.25, -0.2) is 0 Å². The summed E-state index contributed by atoms with van der Waals surface area (Å²) in [4.78, 5) is 0. The largest absolute Gasteiger partial charge is 0.328 e. The van der Waals surface area contributed by atoms with Crippen molar-refractivity contribution < 1.29 is 0 Å². The molecule has 0 aliphatic carbocycles. The molecule has 0 saturated heterocycles. The molecule has 0 aromatic carbocycles. The lowest BCUT2D eigenvalue weighted by atomic mass is 10.1. The van der Waals surface area contributed by atoms with Crippen LogP contribution in [0.25, 0.3) is 0 Å². The topological polar surface area (TPSA) is 43.8 Å². The van der Waals surface area contributed by atoms with E-state index >= 15 is 0 Å². The third-order valence-corrected chi connectivity index (χ3v) is 3.30. The molecule has 0 radical (unpaired) electrons. The second-order valence-electron chi connectivity index (χ2n) is 2.95. The average molecular weight is 319 g/mol. The molecule has 74 valence electrons. The molecule has 2 aromatic rings. The van der Waals surface area contributed by atoms with Crippen LogP contribution in [-0.4, -0.2) is 16.3 Å². The van der Waals surface area contributed by atoms with Crippen LogP contribution in [0.15, 0.2) is 29.2 Å². The normalized spacial score (nSPS) is 13.0. The van der Waals surface area contributed by atoms with Gasteiger partial charge < -0.3 is 5.73 Å². The fourth-order valence-corrected chi connectivity index (χ4v) is 2.46. The van der Waals surface area contributed by atoms with E-state index in [2.05, 4.69) is 44.5 Å². The smallest absolute Gasteiger partial charge is 0.0899 e. The summed E-state index contributed by atoms with van der Waals surface area (Å²) >= 11 is 3.93. The number of thiophene rings is 1. The predicted octanol–water partition coefficient (Wildman–Crippen LogP) is 2.10. The average Bonchev–Trinajstić information content (AvgIpc) is 2.79. The van der Waals surface area contributed by atoms with Gasteiger partial charge in [-0.3, -0.25) is 4.68 Å². The van der Waals surface area contributed by atoms with Crippen LogP contribution < -0.4 is 5.73 Å². The number of hydrogen-bond donors (Lipinski definition) is 1. The van der Waals surface area contributed by atoms with Crippen molar-refractivity contribution in [3.05, 3.63) is 38.4 Å². The molecule has 1 atom stereocenters. The Kier molecular flexibility index (Phi) is 3.19. The highest BCUT2D eigenvalue weighted by Gasteiger charge is 2.12. The number of aromatic nitrogens is 2. The van der Waals surface area contributed by atoms with E-state index in [-0.39, 0.29) is 6.04 Å². The molecule has 0 aliphatic heterocycles. The summed E-state index contributed by atoms with van der Waals surface area (Å²) in [5.41, 5.74) is 6.98. The Hall–Kier alpha value is -0.400. The molecule has 3 nitrogen and oxygen atoms in total. The SMILES string of the molecule is NCC(c1ccsc1)n1cc(I)cn1. The van der Waals surface area contributed by atoms with Crippen LogP contribution in [0.3, 0.4) is 0 Å². The maximum absolute atomic E-state index is 5.75.